The lowest BCUT2D eigenvalue weighted by Gasteiger charge is -2.37. The van der Waals surface area contributed by atoms with Gasteiger partial charge in [0.15, 0.2) is 0 Å². The minimum atomic E-state index is -0.601. The van der Waals surface area contributed by atoms with Gasteiger partial charge in [-0.3, -0.25) is 4.79 Å². The number of anilines is 1. The van der Waals surface area contributed by atoms with Crippen molar-refractivity contribution in [2.45, 2.75) is 57.6 Å². The van der Waals surface area contributed by atoms with Crippen LogP contribution in [0.15, 0.2) is 65.5 Å². The van der Waals surface area contributed by atoms with Gasteiger partial charge in [-0.05, 0) is 75.6 Å². The summed E-state index contributed by atoms with van der Waals surface area (Å²) in [5.41, 5.74) is 8.07. The van der Waals surface area contributed by atoms with Crippen LogP contribution in [-0.2, 0) is 4.74 Å². The average Bonchev–Trinajstić information content (AvgIpc) is 2.84. The Morgan fingerprint density at radius 3 is 2.58 bits per heavy atom. The van der Waals surface area contributed by atoms with E-state index in [0.717, 1.165) is 24.0 Å². The molecule has 0 aliphatic heterocycles. The molecule has 0 radical (unpaired) electrons. The number of aromatic nitrogens is 2. The molecular weight excluding hydrogens is 476 g/mol. The number of benzene rings is 2. The number of hydrogen-bond acceptors (Lipinski definition) is 5. The zero-order chi connectivity index (χ0) is 25.9. The summed E-state index contributed by atoms with van der Waals surface area (Å²) >= 11 is 6.26. The number of carbonyl (C=O) groups is 1. The van der Waals surface area contributed by atoms with Crippen LogP contribution in [0.2, 0.25) is 5.02 Å². The molecule has 3 N–H and O–H groups in total. The van der Waals surface area contributed by atoms with Gasteiger partial charge in [-0.1, -0.05) is 54.1 Å². The number of nitrogens with zero attached hydrogens (tertiary/aromatic N) is 2. The van der Waals surface area contributed by atoms with Crippen LogP contribution in [0.4, 0.5) is 10.5 Å². The van der Waals surface area contributed by atoms with E-state index in [4.69, 9.17) is 27.2 Å². The molecule has 1 heterocycles. The van der Waals surface area contributed by atoms with Crippen LogP contribution in [0.3, 0.4) is 0 Å². The largest absolute Gasteiger partial charge is 0.444 e. The number of carbonyl (C=O) groups excluding carboxylic acids is 1. The molecule has 0 spiro atoms. The van der Waals surface area contributed by atoms with Gasteiger partial charge in [0.25, 0.3) is 5.56 Å². The van der Waals surface area contributed by atoms with Crippen LogP contribution >= 0.6 is 11.6 Å². The average molecular weight is 509 g/mol. The fraction of sp³-hybridized carbons (Fsp3) is 0.393. The Morgan fingerprint density at radius 1 is 1.14 bits per heavy atom. The predicted octanol–water partition coefficient (Wildman–Crippen LogP) is 5.80. The number of nitrogens with two attached hydrogens (primary N) is 1. The van der Waals surface area contributed by atoms with E-state index in [9.17, 15) is 9.59 Å². The van der Waals surface area contributed by atoms with E-state index in [1.54, 1.807) is 6.07 Å². The summed E-state index contributed by atoms with van der Waals surface area (Å²) in [5.74, 6) is 0.182. The molecule has 4 rings (SSSR count). The summed E-state index contributed by atoms with van der Waals surface area (Å²) in [6, 6.07) is 18.9. The van der Waals surface area contributed by atoms with Gasteiger partial charge < -0.3 is 15.8 Å². The van der Waals surface area contributed by atoms with Gasteiger partial charge >= 0.3 is 6.09 Å². The molecule has 3 atom stereocenters. The molecule has 1 aliphatic carbocycles. The van der Waals surface area contributed by atoms with Crippen LogP contribution < -0.4 is 16.6 Å². The molecule has 1 aromatic heterocycles. The van der Waals surface area contributed by atoms with Crippen molar-refractivity contribution in [2.75, 3.05) is 12.3 Å². The highest BCUT2D eigenvalue weighted by Gasteiger charge is 2.35. The van der Waals surface area contributed by atoms with E-state index in [-0.39, 0.29) is 29.1 Å². The Labute approximate surface area is 216 Å². The van der Waals surface area contributed by atoms with Crippen LogP contribution in [0.5, 0.6) is 0 Å². The summed E-state index contributed by atoms with van der Waals surface area (Å²) in [7, 11) is 0. The zero-order valence-corrected chi connectivity index (χ0v) is 21.7. The Kier molecular flexibility index (Phi) is 7.69. The van der Waals surface area contributed by atoms with Gasteiger partial charge in [0, 0.05) is 17.1 Å². The smallest absolute Gasteiger partial charge is 0.407 e. The maximum atomic E-state index is 13.2. The first-order chi connectivity index (χ1) is 17.1. The van der Waals surface area contributed by atoms with Crippen LogP contribution in [0.25, 0.3) is 11.3 Å². The van der Waals surface area contributed by atoms with Gasteiger partial charge in [0.2, 0.25) is 0 Å². The third kappa shape index (κ3) is 6.26. The number of nitrogen functional groups attached to an aromatic ring is 1. The third-order valence-corrected chi connectivity index (χ3v) is 6.75. The molecule has 190 valence electrons. The SMILES string of the molecule is CC(C)(C)OC(=O)NCC1CC(c2cccc(Cl)c2)CCC1n1nc(-c2ccccc2)cc(N)c1=O. The van der Waals surface area contributed by atoms with Crippen molar-refractivity contribution >= 4 is 23.4 Å². The summed E-state index contributed by atoms with van der Waals surface area (Å²) in [4.78, 5) is 25.6. The number of alkyl carbamates (subject to hydrolysis) is 1. The predicted molar refractivity (Wildman–Crippen MR) is 143 cm³/mol. The summed E-state index contributed by atoms with van der Waals surface area (Å²) < 4.78 is 6.97. The summed E-state index contributed by atoms with van der Waals surface area (Å²) in [6.07, 6.45) is 1.84. The Bertz CT molecular complexity index is 1270. The van der Waals surface area contributed by atoms with Gasteiger partial charge in [-0.15, -0.1) is 0 Å². The Balaban J connectivity index is 1.65. The number of hydrogen-bond donors (Lipinski definition) is 2. The van der Waals surface area contributed by atoms with Crippen molar-refractivity contribution in [1.82, 2.24) is 15.1 Å². The molecule has 1 saturated carbocycles. The second kappa shape index (κ2) is 10.7. The van der Waals surface area contributed by atoms with Gasteiger partial charge in [-0.25, -0.2) is 9.48 Å². The van der Waals surface area contributed by atoms with Crippen molar-refractivity contribution in [3.05, 3.63) is 81.6 Å². The molecule has 2 aromatic carbocycles. The van der Waals surface area contributed by atoms with E-state index < -0.39 is 11.7 Å². The molecule has 36 heavy (non-hydrogen) atoms. The molecule has 1 fully saturated rings. The zero-order valence-electron chi connectivity index (χ0n) is 20.9. The normalized spacial score (nSPS) is 20.1. The van der Waals surface area contributed by atoms with E-state index >= 15 is 0 Å². The molecule has 1 amide bonds. The van der Waals surface area contributed by atoms with Crippen molar-refractivity contribution in [1.29, 1.82) is 0 Å². The van der Waals surface area contributed by atoms with Crippen molar-refractivity contribution in [3.63, 3.8) is 0 Å². The van der Waals surface area contributed by atoms with Crippen LogP contribution in [-0.4, -0.2) is 28.0 Å². The lowest BCUT2D eigenvalue weighted by molar-refractivity contribution is 0.0503. The number of nitrogens with one attached hydrogen (secondary N) is 1. The van der Waals surface area contributed by atoms with E-state index in [0.29, 0.717) is 23.7 Å². The lowest BCUT2D eigenvalue weighted by atomic mass is 9.75. The monoisotopic (exact) mass is 508 g/mol. The molecule has 3 unspecified atom stereocenters. The van der Waals surface area contributed by atoms with Gasteiger partial charge in [-0.2, -0.15) is 5.10 Å². The van der Waals surface area contributed by atoms with E-state index in [1.165, 1.54) is 4.68 Å². The first-order valence-corrected chi connectivity index (χ1v) is 12.7. The summed E-state index contributed by atoms with van der Waals surface area (Å²) in [6.45, 7) is 5.83. The number of halogens is 1. The highest BCUT2D eigenvalue weighted by molar-refractivity contribution is 6.30. The van der Waals surface area contributed by atoms with E-state index in [1.807, 2.05) is 69.3 Å². The highest BCUT2D eigenvalue weighted by Crippen LogP contribution is 2.42. The van der Waals surface area contributed by atoms with Crippen LogP contribution in [0, 0.1) is 5.92 Å². The van der Waals surface area contributed by atoms with Crippen LogP contribution in [0.1, 0.15) is 57.6 Å². The van der Waals surface area contributed by atoms with Gasteiger partial charge in [0.05, 0.1) is 11.7 Å². The van der Waals surface area contributed by atoms with Crippen molar-refractivity contribution in [3.8, 4) is 11.3 Å². The standard InChI is InChI=1S/C28H33ClN4O3/c1-28(2,3)36-27(35)31-17-21-14-20(19-10-7-11-22(29)15-19)12-13-25(21)33-26(34)23(30)16-24(32-33)18-8-5-4-6-9-18/h4-11,15-16,20-21,25H,12-14,17,30H2,1-3H3,(H,31,35). The second-order valence-corrected chi connectivity index (χ2v) is 10.8. The minimum Gasteiger partial charge on any atom is -0.444 e. The fourth-order valence-electron chi connectivity index (χ4n) is 4.89. The second-order valence-electron chi connectivity index (χ2n) is 10.4. The maximum Gasteiger partial charge on any atom is 0.407 e. The fourth-order valence-corrected chi connectivity index (χ4v) is 5.09. The third-order valence-electron chi connectivity index (χ3n) is 6.52. The minimum absolute atomic E-state index is 0.0640. The number of amides is 1. The van der Waals surface area contributed by atoms with Gasteiger partial charge in [0.1, 0.15) is 11.3 Å². The molecule has 0 saturated heterocycles. The highest BCUT2D eigenvalue weighted by atomic mass is 35.5. The van der Waals surface area contributed by atoms with E-state index in [2.05, 4.69) is 11.4 Å². The quantitative estimate of drug-likeness (QED) is 0.454. The first kappa shape index (κ1) is 25.8. The number of rotatable bonds is 5. The first-order valence-electron chi connectivity index (χ1n) is 12.3. The topological polar surface area (TPSA) is 99.2 Å². The maximum absolute atomic E-state index is 13.2. The molecular formula is C28H33ClN4O3. The van der Waals surface area contributed by atoms with Crippen molar-refractivity contribution in [2.24, 2.45) is 5.92 Å². The molecule has 1 aliphatic rings. The Hall–Kier alpha value is -3.32. The summed E-state index contributed by atoms with van der Waals surface area (Å²) in [5, 5.41) is 8.34. The lowest BCUT2D eigenvalue weighted by Crippen LogP contribution is -2.42. The molecule has 0 bridgehead atoms. The molecule has 7 nitrogen and oxygen atoms in total. The molecule has 8 heteroatoms. The Morgan fingerprint density at radius 2 is 1.89 bits per heavy atom. The molecule has 3 aromatic rings. The number of ether oxygens (including phenoxy) is 1. The van der Waals surface area contributed by atoms with Crippen molar-refractivity contribution < 1.29 is 9.53 Å².